The van der Waals surface area contributed by atoms with Crippen molar-refractivity contribution < 1.29 is 73.7 Å². The number of carbonyl (C=O) groups excluding carboxylic acids is 4. The predicted molar refractivity (Wildman–Crippen MR) is 40.0 cm³/mol. The van der Waals surface area contributed by atoms with Gasteiger partial charge in [-0.2, -0.15) is 0 Å². The van der Waals surface area contributed by atoms with Gasteiger partial charge in [-0.25, -0.2) is 0 Å². The first-order chi connectivity index (χ1) is 7.73. The second kappa shape index (κ2) is 10.8. The Labute approximate surface area is 128 Å². The first-order valence-corrected chi connectivity index (χ1v) is 4.31. The number of rotatable bonds is 8. The van der Waals surface area contributed by atoms with Crippen LogP contribution in [0.15, 0.2) is 0 Å². The van der Waals surface area contributed by atoms with Crippen molar-refractivity contribution in [1.82, 2.24) is 5.32 Å². The summed E-state index contributed by atoms with van der Waals surface area (Å²) in [6, 6.07) is -3.80. The van der Waals surface area contributed by atoms with Crippen LogP contribution in [-0.2, 0) is 53.3 Å². The summed E-state index contributed by atoms with van der Waals surface area (Å²) in [7, 11) is 0. The molecule has 0 saturated carbocycles. The monoisotopic (exact) mass is 371 g/mol. The zero-order valence-electron chi connectivity index (χ0n) is 8.94. The number of nitrogens with one attached hydrogen (secondary N) is 1. The standard InChI is InChI=1S/C8H11NO8.2Cu/c10-5(11)1-3(7(14)15)9-4(8(16)17)2-6(12)13;;/h3-4,9H,1-2H2,(H,10,11)(H,12,13)(H,14,15)(H,16,17);;/q;2*+2/p-4. The van der Waals surface area contributed by atoms with Gasteiger partial charge in [-0.3, -0.25) is 0 Å². The molecule has 0 heterocycles. The van der Waals surface area contributed by atoms with Gasteiger partial charge in [0.15, 0.2) is 0 Å². The topological polar surface area (TPSA) is 173 Å². The summed E-state index contributed by atoms with van der Waals surface area (Å²) < 4.78 is 0. The van der Waals surface area contributed by atoms with E-state index in [9.17, 15) is 39.6 Å². The minimum atomic E-state index is -1.90. The van der Waals surface area contributed by atoms with Crippen LogP contribution in [0.25, 0.3) is 0 Å². The van der Waals surface area contributed by atoms with Crippen molar-refractivity contribution in [2.24, 2.45) is 0 Å². The number of aliphatic carboxylic acids is 4. The average Bonchev–Trinajstić information content (AvgIpc) is 2.13. The fourth-order valence-corrected chi connectivity index (χ4v) is 0.997. The molecule has 11 heteroatoms. The van der Waals surface area contributed by atoms with Crippen LogP contribution in [-0.4, -0.2) is 36.0 Å². The van der Waals surface area contributed by atoms with E-state index in [1.807, 2.05) is 0 Å². The smallest absolute Gasteiger partial charge is 0.550 e. The van der Waals surface area contributed by atoms with Gasteiger partial charge >= 0.3 is 34.1 Å². The number of hydrogen-bond acceptors (Lipinski definition) is 9. The van der Waals surface area contributed by atoms with Gasteiger partial charge in [0.05, 0.1) is 24.0 Å². The first kappa shape index (κ1) is 23.0. The minimum Gasteiger partial charge on any atom is -0.550 e. The van der Waals surface area contributed by atoms with Crippen molar-refractivity contribution in [2.75, 3.05) is 0 Å². The van der Waals surface area contributed by atoms with Crippen LogP contribution >= 0.6 is 0 Å². The van der Waals surface area contributed by atoms with E-state index in [4.69, 9.17) is 0 Å². The van der Waals surface area contributed by atoms with Crippen LogP contribution in [0.5, 0.6) is 0 Å². The van der Waals surface area contributed by atoms with Gasteiger partial charge in [-0.05, 0) is 0 Å². The zero-order chi connectivity index (χ0) is 13.6. The van der Waals surface area contributed by atoms with Crippen LogP contribution in [0.1, 0.15) is 12.8 Å². The van der Waals surface area contributed by atoms with Crippen molar-refractivity contribution in [3.05, 3.63) is 0 Å². The van der Waals surface area contributed by atoms with Crippen LogP contribution in [0, 0.1) is 0 Å². The Hall–Kier alpha value is -1.12. The normalized spacial score (nSPS) is 12.2. The number of hydrogen-bond donors (Lipinski definition) is 1. The van der Waals surface area contributed by atoms with Gasteiger partial charge in [0.25, 0.3) is 0 Å². The third-order valence-corrected chi connectivity index (χ3v) is 1.71. The van der Waals surface area contributed by atoms with Crippen LogP contribution in [0.4, 0.5) is 0 Å². The average molecular weight is 372 g/mol. The molecule has 0 rings (SSSR count). The van der Waals surface area contributed by atoms with E-state index in [1.54, 1.807) is 5.32 Å². The summed E-state index contributed by atoms with van der Waals surface area (Å²) >= 11 is 0. The molecule has 0 aliphatic carbocycles. The molecule has 9 nitrogen and oxygen atoms in total. The van der Waals surface area contributed by atoms with Gasteiger partial charge in [0.2, 0.25) is 0 Å². The molecule has 2 unspecified atom stereocenters. The van der Waals surface area contributed by atoms with Gasteiger partial charge in [0.1, 0.15) is 0 Å². The van der Waals surface area contributed by atoms with Gasteiger partial charge in [0, 0.05) is 24.8 Å². The summed E-state index contributed by atoms with van der Waals surface area (Å²) in [6.45, 7) is 0. The maximum Gasteiger partial charge on any atom is 2.00 e. The fraction of sp³-hybridized carbons (Fsp3) is 0.500. The van der Waals surface area contributed by atoms with Crippen molar-refractivity contribution in [2.45, 2.75) is 24.9 Å². The second-order valence-corrected chi connectivity index (χ2v) is 3.06. The van der Waals surface area contributed by atoms with Crippen LogP contribution < -0.4 is 25.7 Å². The van der Waals surface area contributed by atoms with Crippen LogP contribution in [0.3, 0.4) is 0 Å². The van der Waals surface area contributed by atoms with E-state index in [1.165, 1.54) is 0 Å². The molecule has 0 spiro atoms. The van der Waals surface area contributed by atoms with Crippen molar-refractivity contribution in [1.29, 1.82) is 0 Å². The molecular formula is C8H7Cu2NO8. The Morgan fingerprint density at radius 1 is 0.737 bits per heavy atom. The quantitative estimate of drug-likeness (QED) is 0.406. The van der Waals surface area contributed by atoms with E-state index < -0.39 is 48.8 Å². The fourth-order valence-electron chi connectivity index (χ4n) is 0.997. The summed E-state index contributed by atoms with van der Waals surface area (Å²) in [6.07, 6.45) is -2.14. The van der Waals surface area contributed by atoms with Crippen molar-refractivity contribution >= 4 is 23.9 Å². The Kier molecular flexibility index (Phi) is 13.0. The molecule has 2 radical (unpaired) electrons. The van der Waals surface area contributed by atoms with E-state index in [0.717, 1.165) is 0 Å². The molecule has 2 atom stereocenters. The summed E-state index contributed by atoms with van der Waals surface area (Å²) in [4.78, 5) is 41.2. The molecule has 0 aromatic heterocycles. The minimum absolute atomic E-state index is 0. The molecule has 0 aromatic carbocycles. The molecular weight excluding hydrogens is 365 g/mol. The number of carboxylic acids is 4. The third kappa shape index (κ3) is 10.5. The SMILES string of the molecule is O=C([O-])CC(NC(CC(=O)[O-])C(=O)[O-])C(=O)[O-].[Cu+2].[Cu+2]. The van der Waals surface area contributed by atoms with Gasteiger partial charge in [-0.15, -0.1) is 0 Å². The van der Waals surface area contributed by atoms with E-state index in [-0.39, 0.29) is 34.1 Å². The Balaban J connectivity index is -0.00000128. The number of carboxylic acid groups (broad SMARTS) is 4. The number of carbonyl (C=O) groups is 4. The van der Waals surface area contributed by atoms with E-state index in [2.05, 4.69) is 0 Å². The molecule has 0 fully saturated rings. The molecule has 1 N–H and O–H groups in total. The Bertz CT molecular complexity index is 316. The maximum atomic E-state index is 10.4. The summed E-state index contributed by atoms with van der Waals surface area (Å²) in [5.74, 6) is -7.34. The molecule has 0 amide bonds. The molecule has 0 aromatic rings. The molecule has 114 valence electrons. The van der Waals surface area contributed by atoms with Gasteiger partial charge < -0.3 is 44.9 Å². The van der Waals surface area contributed by atoms with Crippen molar-refractivity contribution in [3.8, 4) is 0 Å². The molecule has 0 aliphatic heterocycles. The Morgan fingerprint density at radius 2 is 1.00 bits per heavy atom. The predicted octanol–water partition coefficient (Wildman–Crippen LogP) is -6.91. The van der Waals surface area contributed by atoms with E-state index in [0.29, 0.717) is 0 Å². The molecule has 19 heavy (non-hydrogen) atoms. The molecule has 0 saturated heterocycles. The summed E-state index contributed by atoms with van der Waals surface area (Å²) in [5.41, 5.74) is 0. The largest absolute Gasteiger partial charge is 2.00 e. The van der Waals surface area contributed by atoms with E-state index >= 15 is 0 Å². The van der Waals surface area contributed by atoms with Crippen molar-refractivity contribution in [3.63, 3.8) is 0 Å². The third-order valence-electron chi connectivity index (χ3n) is 1.71. The van der Waals surface area contributed by atoms with Gasteiger partial charge in [-0.1, -0.05) is 0 Å². The second-order valence-electron chi connectivity index (χ2n) is 3.06. The molecule has 0 bridgehead atoms. The maximum absolute atomic E-state index is 10.4. The first-order valence-electron chi connectivity index (χ1n) is 4.31. The zero-order valence-corrected chi connectivity index (χ0v) is 10.8. The molecule has 0 aliphatic rings. The van der Waals surface area contributed by atoms with Crippen LogP contribution in [0.2, 0.25) is 0 Å². The summed E-state index contributed by atoms with van der Waals surface area (Å²) in [5, 5.41) is 42.9. The Morgan fingerprint density at radius 3 is 1.16 bits per heavy atom.